The molecule has 0 bridgehead atoms. The van der Waals surface area contributed by atoms with Gasteiger partial charge in [-0.15, -0.1) is 0 Å². The van der Waals surface area contributed by atoms with Crippen LogP contribution in [0.25, 0.3) is 0 Å². The smallest absolute Gasteiger partial charge is 0.251 e. The number of carbonyl (C=O) groups excluding carboxylic acids is 2. The van der Waals surface area contributed by atoms with Gasteiger partial charge in [0.2, 0.25) is 5.91 Å². The molecule has 0 radical (unpaired) electrons. The summed E-state index contributed by atoms with van der Waals surface area (Å²) in [6, 6.07) is 17.9. The number of rotatable bonds is 8. The highest BCUT2D eigenvalue weighted by Crippen LogP contribution is 2.16. The highest BCUT2D eigenvalue weighted by molar-refractivity contribution is 5.94. The van der Waals surface area contributed by atoms with E-state index in [4.69, 9.17) is 0 Å². The maximum Gasteiger partial charge on any atom is 0.251 e. The molecule has 2 aromatic carbocycles. The van der Waals surface area contributed by atoms with Gasteiger partial charge in [-0.05, 0) is 49.7 Å². The summed E-state index contributed by atoms with van der Waals surface area (Å²) < 4.78 is 0. The number of hydrogen-bond donors (Lipinski definition) is 1. The van der Waals surface area contributed by atoms with Crippen LogP contribution in [0.15, 0.2) is 54.6 Å². The average molecular weight is 409 g/mol. The largest absolute Gasteiger partial charge is 0.375 e. The Morgan fingerprint density at radius 3 is 2.27 bits per heavy atom. The van der Waals surface area contributed by atoms with E-state index < -0.39 is 0 Å². The molecule has 6 heteroatoms. The SMILES string of the molecule is CCN(C)c1ccc(C(=O)NCCCC(=O)N2CCN(c3ccccc3)CC2)cc1. The van der Waals surface area contributed by atoms with E-state index in [9.17, 15) is 9.59 Å². The summed E-state index contributed by atoms with van der Waals surface area (Å²) in [6.45, 7) is 6.72. The molecule has 6 nitrogen and oxygen atoms in total. The van der Waals surface area contributed by atoms with Crippen molar-refractivity contribution in [2.45, 2.75) is 19.8 Å². The second kappa shape index (κ2) is 10.7. The molecule has 1 N–H and O–H groups in total. The standard InChI is InChI=1S/C24H32N4O2/c1-3-26(2)21-13-11-20(12-14-21)24(30)25-15-7-10-23(29)28-18-16-27(17-19-28)22-8-5-4-6-9-22/h4-6,8-9,11-14H,3,7,10,15-19H2,1-2H3,(H,25,30). The van der Waals surface area contributed by atoms with E-state index in [2.05, 4.69) is 34.2 Å². The van der Waals surface area contributed by atoms with Crippen molar-refractivity contribution < 1.29 is 9.59 Å². The fourth-order valence-corrected chi connectivity index (χ4v) is 3.60. The van der Waals surface area contributed by atoms with Gasteiger partial charge in [-0.3, -0.25) is 9.59 Å². The lowest BCUT2D eigenvalue weighted by molar-refractivity contribution is -0.131. The van der Waals surface area contributed by atoms with Crippen LogP contribution in [-0.2, 0) is 4.79 Å². The Balaban J connectivity index is 1.35. The van der Waals surface area contributed by atoms with Crippen LogP contribution in [0.5, 0.6) is 0 Å². The first-order valence-corrected chi connectivity index (χ1v) is 10.8. The van der Waals surface area contributed by atoms with Gasteiger partial charge in [-0.25, -0.2) is 0 Å². The second-order valence-electron chi connectivity index (χ2n) is 7.62. The molecule has 2 aromatic rings. The summed E-state index contributed by atoms with van der Waals surface area (Å²) in [7, 11) is 2.02. The third-order valence-electron chi connectivity index (χ3n) is 5.65. The zero-order chi connectivity index (χ0) is 21.3. The molecule has 0 aromatic heterocycles. The molecule has 0 saturated carbocycles. The van der Waals surface area contributed by atoms with Gasteiger partial charge in [0.15, 0.2) is 0 Å². The molecule has 1 aliphatic rings. The average Bonchev–Trinajstić information content (AvgIpc) is 2.81. The highest BCUT2D eigenvalue weighted by atomic mass is 16.2. The summed E-state index contributed by atoms with van der Waals surface area (Å²) in [6.07, 6.45) is 1.12. The van der Waals surface area contributed by atoms with Gasteiger partial charge in [0, 0.05) is 69.7 Å². The van der Waals surface area contributed by atoms with Crippen LogP contribution in [-0.4, -0.2) is 63.0 Å². The van der Waals surface area contributed by atoms with Gasteiger partial charge in [0.05, 0.1) is 0 Å². The minimum absolute atomic E-state index is 0.0929. The molecule has 0 unspecified atom stereocenters. The fraction of sp³-hybridized carbons (Fsp3) is 0.417. The number of benzene rings is 2. The van der Waals surface area contributed by atoms with Gasteiger partial charge >= 0.3 is 0 Å². The van der Waals surface area contributed by atoms with Crippen LogP contribution in [0.1, 0.15) is 30.1 Å². The molecule has 0 atom stereocenters. The molecule has 3 rings (SSSR count). The number of nitrogens with zero attached hydrogens (tertiary/aromatic N) is 3. The zero-order valence-electron chi connectivity index (χ0n) is 18.0. The lowest BCUT2D eigenvalue weighted by atomic mass is 10.1. The number of carbonyl (C=O) groups is 2. The molecule has 2 amide bonds. The minimum atomic E-state index is -0.0929. The van der Waals surface area contributed by atoms with Gasteiger partial charge < -0.3 is 20.0 Å². The number of anilines is 2. The summed E-state index contributed by atoms with van der Waals surface area (Å²) in [5, 5.41) is 2.92. The van der Waals surface area contributed by atoms with Crippen LogP contribution in [0.2, 0.25) is 0 Å². The van der Waals surface area contributed by atoms with E-state index in [0.717, 1.165) is 38.4 Å². The zero-order valence-corrected chi connectivity index (χ0v) is 18.0. The molecular weight excluding hydrogens is 376 g/mol. The van der Waals surface area contributed by atoms with Gasteiger partial charge in [-0.1, -0.05) is 18.2 Å². The van der Waals surface area contributed by atoms with Crippen LogP contribution < -0.4 is 15.1 Å². The third kappa shape index (κ3) is 5.75. The van der Waals surface area contributed by atoms with E-state index >= 15 is 0 Å². The lowest BCUT2D eigenvalue weighted by Gasteiger charge is -2.36. The molecule has 1 fully saturated rings. The van der Waals surface area contributed by atoms with Gasteiger partial charge in [0.25, 0.3) is 5.91 Å². The van der Waals surface area contributed by atoms with Crippen molar-refractivity contribution in [1.29, 1.82) is 0 Å². The Labute approximate surface area is 179 Å². The normalized spacial score (nSPS) is 13.8. The molecule has 0 aliphatic carbocycles. The second-order valence-corrected chi connectivity index (χ2v) is 7.62. The Hall–Kier alpha value is -3.02. The number of piperazine rings is 1. The van der Waals surface area contributed by atoms with E-state index in [1.165, 1.54) is 5.69 Å². The third-order valence-corrected chi connectivity index (χ3v) is 5.65. The first-order chi connectivity index (χ1) is 14.6. The van der Waals surface area contributed by atoms with Crippen molar-refractivity contribution in [3.8, 4) is 0 Å². The maximum absolute atomic E-state index is 12.5. The fourth-order valence-electron chi connectivity index (χ4n) is 3.60. The van der Waals surface area contributed by atoms with Gasteiger partial charge in [-0.2, -0.15) is 0 Å². The van der Waals surface area contributed by atoms with E-state index in [-0.39, 0.29) is 11.8 Å². The van der Waals surface area contributed by atoms with Crippen molar-refractivity contribution in [1.82, 2.24) is 10.2 Å². The first kappa shape index (κ1) is 21.7. The van der Waals surface area contributed by atoms with Crippen LogP contribution in [0.4, 0.5) is 11.4 Å². The van der Waals surface area contributed by atoms with Crippen molar-refractivity contribution in [2.75, 3.05) is 56.1 Å². The lowest BCUT2D eigenvalue weighted by Crippen LogP contribution is -2.48. The molecule has 160 valence electrons. The van der Waals surface area contributed by atoms with E-state index in [0.29, 0.717) is 24.9 Å². The van der Waals surface area contributed by atoms with Crippen LogP contribution >= 0.6 is 0 Å². The van der Waals surface area contributed by atoms with Crippen molar-refractivity contribution >= 4 is 23.2 Å². The Morgan fingerprint density at radius 1 is 0.967 bits per heavy atom. The van der Waals surface area contributed by atoms with Gasteiger partial charge in [0.1, 0.15) is 0 Å². The van der Waals surface area contributed by atoms with Crippen LogP contribution in [0, 0.1) is 0 Å². The first-order valence-electron chi connectivity index (χ1n) is 10.8. The number of para-hydroxylation sites is 1. The minimum Gasteiger partial charge on any atom is -0.375 e. The van der Waals surface area contributed by atoms with Crippen molar-refractivity contribution in [2.24, 2.45) is 0 Å². The number of amides is 2. The topological polar surface area (TPSA) is 55.9 Å². The molecular formula is C24H32N4O2. The van der Waals surface area contributed by atoms with E-state index in [1.807, 2.05) is 54.4 Å². The quantitative estimate of drug-likeness (QED) is 0.683. The van der Waals surface area contributed by atoms with Crippen molar-refractivity contribution in [3.63, 3.8) is 0 Å². The van der Waals surface area contributed by atoms with Crippen LogP contribution in [0.3, 0.4) is 0 Å². The summed E-state index contributed by atoms with van der Waals surface area (Å²) in [5.74, 6) is 0.0774. The molecule has 1 aliphatic heterocycles. The monoisotopic (exact) mass is 408 g/mol. The Bertz CT molecular complexity index is 815. The highest BCUT2D eigenvalue weighted by Gasteiger charge is 2.20. The van der Waals surface area contributed by atoms with E-state index in [1.54, 1.807) is 0 Å². The maximum atomic E-state index is 12.5. The predicted molar refractivity (Wildman–Crippen MR) is 122 cm³/mol. The molecule has 30 heavy (non-hydrogen) atoms. The predicted octanol–water partition coefficient (Wildman–Crippen LogP) is 3.00. The Kier molecular flexibility index (Phi) is 7.71. The summed E-state index contributed by atoms with van der Waals surface area (Å²) in [4.78, 5) is 31.1. The molecule has 1 heterocycles. The molecule has 0 spiro atoms. The Morgan fingerprint density at radius 2 is 1.63 bits per heavy atom. The summed E-state index contributed by atoms with van der Waals surface area (Å²) in [5.41, 5.74) is 2.94. The summed E-state index contributed by atoms with van der Waals surface area (Å²) >= 11 is 0. The molecule has 1 saturated heterocycles. The van der Waals surface area contributed by atoms with Crippen molar-refractivity contribution in [3.05, 3.63) is 60.2 Å². The number of hydrogen-bond acceptors (Lipinski definition) is 4. The number of nitrogens with one attached hydrogen (secondary N) is 1.